The van der Waals surface area contributed by atoms with Crippen molar-refractivity contribution < 1.29 is 4.79 Å². The Balaban J connectivity index is 1.57. The van der Waals surface area contributed by atoms with Crippen molar-refractivity contribution in [1.82, 2.24) is 15.2 Å². The van der Waals surface area contributed by atoms with Crippen LogP contribution in [0.5, 0.6) is 0 Å². The topological polar surface area (TPSA) is 45.2 Å². The summed E-state index contributed by atoms with van der Waals surface area (Å²) in [5.74, 6) is -0.0863. The van der Waals surface area contributed by atoms with Gasteiger partial charge in [-0.25, -0.2) is 4.98 Å². The summed E-state index contributed by atoms with van der Waals surface area (Å²) in [4.78, 5) is 19.0. The Morgan fingerprint density at radius 2 is 2.15 bits per heavy atom. The zero-order valence-electron chi connectivity index (χ0n) is 15.6. The molecular formula is C21H27N3OS. The molecule has 0 saturated carbocycles. The molecule has 26 heavy (non-hydrogen) atoms. The number of nitrogens with zero attached hydrogens (tertiary/aromatic N) is 2. The number of nitrogens with one attached hydrogen (secondary N) is 1. The molecule has 2 heterocycles. The molecule has 1 aromatic heterocycles. The van der Waals surface area contributed by atoms with E-state index in [2.05, 4.69) is 40.3 Å². The maximum absolute atomic E-state index is 12.1. The van der Waals surface area contributed by atoms with E-state index in [1.54, 1.807) is 23.5 Å². The first-order chi connectivity index (χ1) is 12.6. The summed E-state index contributed by atoms with van der Waals surface area (Å²) in [7, 11) is 0. The number of likely N-dealkylation sites (tertiary alicyclic amines) is 1. The zero-order valence-corrected chi connectivity index (χ0v) is 16.4. The van der Waals surface area contributed by atoms with Gasteiger partial charge in [0.05, 0.1) is 10.7 Å². The predicted molar refractivity (Wildman–Crippen MR) is 108 cm³/mol. The smallest absolute Gasteiger partial charge is 0.244 e. The number of carbonyl (C=O) groups is 1. The summed E-state index contributed by atoms with van der Waals surface area (Å²) in [6, 6.07) is 9.04. The Kier molecular flexibility index (Phi) is 6.58. The maximum Gasteiger partial charge on any atom is 0.244 e. The molecule has 0 aliphatic carbocycles. The third-order valence-electron chi connectivity index (χ3n) is 4.93. The second-order valence-corrected chi connectivity index (χ2v) is 7.99. The van der Waals surface area contributed by atoms with E-state index in [4.69, 9.17) is 0 Å². The van der Waals surface area contributed by atoms with E-state index in [0.717, 1.165) is 23.8 Å². The lowest BCUT2D eigenvalue weighted by Crippen LogP contribution is -2.37. The molecule has 1 amide bonds. The fourth-order valence-corrected chi connectivity index (χ4v) is 3.94. The molecule has 1 N–H and O–H groups in total. The second kappa shape index (κ2) is 9.10. The molecule has 1 fully saturated rings. The van der Waals surface area contributed by atoms with Crippen molar-refractivity contribution in [3.05, 3.63) is 57.6 Å². The van der Waals surface area contributed by atoms with E-state index < -0.39 is 0 Å². The minimum atomic E-state index is -0.0863. The maximum atomic E-state index is 12.1. The number of hydrogen-bond acceptors (Lipinski definition) is 4. The van der Waals surface area contributed by atoms with E-state index in [1.807, 2.05) is 18.4 Å². The zero-order chi connectivity index (χ0) is 18.4. The van der Waals surface area contributed by atoms with Gasteiger partial charge in [-0.2, -0.15) is 0 Å². The molecule has 1 aliphatic heterocycles. The van der Waals surface area contributed by atoms with Gasteiger partial charge in [0.1, 0.15) is 0 Å². The fraction of sp³-hybridized carbons (Fsp3) is 0.429. The molecule has 3 rings (SSSR count). The number of carbonyl (C=O) groups excluding carboxylic acids is 1. The number of amides is 1. The lowest BCUT2D eigenvalue weighted by Gasteiger charge is -2.33. The summed E-state index contributed by atoms with van der Waals surface area (Å²) in [5, 5.41) is 5.95. The molecule has 1 aromatic carbocycles. The largest absolute Gasteiger partial charge is 0.348 e. The van der Waals surface area contributed by atoms with Gasteiger partial charge in [-0.3, -0.25) is 9.69 Å². The average Bonchev–Trinajstić information content (AvgIpc) is 3.06. The van der Waals surface area contributed by atoms with Crippen molar-refractivity contribution in [2.75, 3.05) is 6.54 Å². The van der Waals surface area contributed by atoms with Crippen LogP contribution in [0.15, 0.2) is 35.7 Å². The van der Waals surface area contributed by atoms with Gasteiger partial charge in [-0.05, 0) is 50.4 Å². The standard InChI is InChI=1S/C21H27N3OS/c1-16-7-5-6-12-24(16)14-19-9-4-3-8-18(19)13-22-21(25)11-10-20-15-26-17(2)23-20/h3-4,8-11,15-16H,5-7,12-14H2,1-2H3,(H,22,25)/b11-10+. The highest BCUT2D eigenvalue weighted by molar-refractivity contribution is 7.09. The van der Waals surface area contributed by atoms with E-state index in [-0.39, 0.29) is 5.91 Å². The molecule has 1 atom stereocenters. The number of rotatable bonds is 6. The highest BCUT2D eigenvalue weighted by Crippen LogP contribution is 2.20. The molecule has 0 radical (unpaired) electrons. The van der Waals surface area contributed by atoms with Crippen LogP contribution in [0.1, 0.15) is 48.0 Å². The van der Waals surface area contributed by atoms with Gasteiger partial charge in [-0.15, -0.1) is 11.3 Å². The fourth-order valence-electron chi connectivity index (χ4n) is 3.35. The Bertz CT molecular complexity index is 768. The van der Waals surface area contributed by atoms with Crippen LogP contribution in [-0.4, -0.2) is 28.4 Å². The molecule has 2 aromatic rings. The van der Waals surface area contributed by atoms with Gasteiger partial charge in [0, 0.05) is 30.6 Å². The Labute approximate surface area is 160 Å². The van der Waals surface area contributed by atoms with Crippen molar-refractivity contribution in [2.24, 2.45) is 0 Å². The first-order valence-corrected chi connectivity index (χ1v) is 10.2. The van der Waals surface area contributed by atoms with Crippen LogP contribution in [0.2, 0.25) is 0 Å². The third kappa shape index (κ3) is 5.26. The number of benzene rings is 1. The van der Waals surface area contributed by atoms with Crippen LogP contribution < -0.4 is 5.32 Å². The quantitative estimate of drug-likeness (QED) is 0.778. The van der Waals surface area contributed by atoms with Crippen LogP contribution in [0.3, 0.4) is 0 Å². The molecule has 1 aliphatic rings. The molecule has 0 bridgehead atoms. The lowest BCUT2D eigenvalue weighted by atomic mass is 10.0. The second-order valence-electron chi connectivity index (χ2n) is 6.93. The summed E-state index contributed by atoms with van der Waals surface area (Å²) < 4.78 is 0. The van der Waals surface area contributed by atoms with E-state index in [0.29, 0.717) is 12.6 Å². The number of thiazole rings is 1. The molecule has 1 saturated heterocycles. The van der Waals surface area contributed by atoms with Gasteiger partial charge in [0.15, 0.2) is 0 Å². The molecule has 4 nitrogen and oxygen atoms in total. The monoisotopic (exact) mass is 369 g/mol. The molecular weight excluding hydrogens is 342 g/mol. The van der Waals surface area contributed by atoms with Crippen LogP contribution in [0.4, 0.5) is 0 Å². The first-order valence-electron chi connectivity index (χ1n) is 9.30. The molecule has 0 spiro atoms. The normalized spacial score (nSPS) is 18.3. The van der Waals surface area contributed by atoms with Gasteiger partial charge in [0.2, 0.25) is 5.91 Å². The summed E-state index contributed by atoms with van der Waals surface area (Å²) in [6.45, 7) is 6.95. The van der Waals surface area contributed by atoms with Crippen LogP contribution in [0.25, 0.3) is 6.08 Å². The Hall–Kier alpha value is -1.98. The van der Waals surface area contributed by atoms with Gasteiger partial charge in [0.25, 0.3) is 0 Å². The van der Waals surface area contributed by atoms with Crippen LogP contribution in [-0.2, 0) is 17.9 Å². The number of piperidine rings is 1. The van der Waals surface area contributed by atoms with E-state index in [9.17, 15) is 4.79 Å². The lowest BCUT2D eigenvalue weighted by molar-refractivity contribution is -0.116. The highest BCUT2D eigenvalue weighted by Gasteiger charge is 2.19. The minimum Gasteiger partial charge on any atom is -0.348 e. The first kappa shape index (κ1) is 18.8. The summed E-state index contributed by atoms with van der Waals surface area (Å²) >= 11 is 1.59. The van der Waals surface area contributed by atoms with Crippen molar-refractivity contribution in [2.45, 2.75) is 52.2 Å². The SMILES string of the molecule is Cc1nc(/C=C/C(=O)NCc2ccccc2CN2CCCCC2C)cs1. The minimum absolute atomic E-state index is 0.0863. The van der Waals surface area contributed by atoms with Crippen LogP contribution >= 0.6 is 11.3 Å². The number of hydrogen-bond donors (Lipinski definition) is 1. The van der Waals surface area contributed by atoms with Crippen molar-refractivity contribution in [3.8, 4) is 0 Å². The van der Waals surface area contributed by atoms with Crippen molar-refractivity contribution >= 4 is 23.3 Å². The Morgan fingerprint density at radius 1 is 1.35 bits per heavy atom. The molecule has 1 unspecified atom stereocenters. The van der Waals surface area contributed by atoms with E-state index in [1.165, 1.54) is 30.4 Å². The van der Waals surface area contributed by atoms with Crippen molar-refractivity contribution in [3.63, 3.8) is 0 Å². The summed E-state index contributed by atoms with van der Waals surface area (Å²) in [5.41, 5.74) is 3.33. The van der Waals surface area contributed by atoms with Crippen LogP contribution in [0, 0.1) is 6.92 Å². The Morgan fingerprint density at radius 3 is 2.88 bits per heavy atom. The third-order valence-corrected chi connectivity index (χ3v) is 5.72. The predicted octanol–water partition coefficient (Wildman–Crippen LogP) is 4.16. The number of aryl methyl sites for hydroxylation is 1. The number of aromatic nitrogens is 1. The molecule has 5 heteroatoms. The average molecular weight is 370 g/mol. The van der Waals surface area contributed by atoms with E-state index >= 15 is 0 Å². The van der Waals surface area contributed by atoms with Gasteiger partial charge >= 0.3 is 0 Å². The molecule has 138 valence electrons. The van der Waals surface area contributed by atoms with Gasteiger partial charge in [-0.1, -0.05) is 30.7 Å². The van der Waals surface area contributed by atoms with Gasteiger partial charge < -0.3 is 5.32 Å². The summed E-state index contributed by atoms with van der Waals surface area (Å²) in [6.07, 6.45) is 7.22. The highest BCUT2D eigenvalue weighted by atomic mass is 32.1. The van der Waals surface area contributed by atoms with Crippen molar-refractivity contribution in [1.29, 1.82) is 0 Å².